The van der Waals surface area contributed by atoms with E-state index in [1.165, 1.54) is 5.56 Å². The van der Waals surface area contributed by atoms with Crippen LogP contribution in [0.2, 0.25) is 0 Å². The van der Waals surface area contributed by atoms with E-state index in [0.717, 1.165) is 54.0 Å². The minimum absolute atomic E-state index is 0.130. The number of hydrogen-bond acceptors (Lipinski definition) is 4. The third kappa shape index (κ3) is 4.50. The Labute approximate surface area is 170 Å². The van der Waals surface area contributed by atoms with Crippen molar-refractivity contribution in [3.05, 3.63) is 71.1 Å². The number of aromatic nitrogens is 1. The Morgan fingerprint density at radius 2 is 2.07 bits per heavy atom. The molecule has 1 N–H and O–H groups in total. The molecule has 1 heterocycles. The number of rotatable bonds is 8. The summed E-state index contributed by atoms with van der Waals surface area (Å²) < 4.78 is 11.7. The highest BCUT2D eigenvalue weighted by atomic mass is 16.5. The van der Waals surface area contributed by atoms with Crippen LogP contribution in [-0.2, 0) is 17.6 Å². The molecule has 2 aromatic carbocycles. The maximum absolute atomic E-state index is 11.0. The number of hydrogen-bond donors (Lipinski definition) is 1. The van der Waals surface area contributed by atoms with E-state index in [-0.39, 0.29) is 12.3 Å². The van der Waals surface area contributed by atoms with Gasteiger partial charge >= 0.3 is 5.97 Å². The predicted molar refractivity (Wildman–Crippen MR) is 110 cm³/mol. The summed E-state index contributed by atoms with van der Waals surface area (Å²) in [5.41, 5.74) is 4.33. The van der Waals surface area contributed by atoms with Crippen molar-refractivity contribution in [2.24, 2.45) is 0 Å². The van der Waals surface area contributed by atoms with E-state index < -0.39 is 5.97 Å². The third-order valence-electron chi connectivity index (χ3n) is 5.48. The number of benzene rings is 2. The first-order chi connectivity index (χ1) is 14.1. The second-order valence-electron chi connectivity index (χ2n) is 7.53. The largest absolute Gasteiger partial charge is 0.494 e. The quantitative estimate of drug-likeness (QED) is 0.537. The van der Waals surface area contributed by atoms with E-state index in [4.69, 9.17) is 14.3 Å². The number of carbonyl (C=O) groups is 1. The van der Waals surface area contributed by atoms with Gasteiger partial charge in [0.15, 0.2) is 0 Å². The van der Waals surface area contributed by atoms with Crippen molar-refractivity contribution in [1.29, 1.82) is 0 Å². The van der Waals surface area contributed by atoms with Crippen LogP contribution in [0.15, 0.2) is 52.9 Å². The lowest BCUT2D eigenvalue weighted by Crippen LogP contribution is -2.03. The number of fused-ring (bicyclic) bond motifs is 1. The van der Waals surface area contributed by atoms with Crippen LogP contribution in [0.1, 0.15) is 47.8 Å². The molecule has 29 heavy (non-hydrogen) atoms. The minimum atomic E-state index is -0.734. The summed E-state index contributed by atoms with van der Waals surface area (Å²) >= 11 is 0. The molecule has 5 heteroatoms. The zero-order chi connectivity index (χ0) is 20.2. The maximum atomic E-state index is 11.0. The fourth-order valence-corrected chi connectivity index (χ4v) is 3.99. The fourth-order valence-electron chi connectivity index (χ4n) is 3.99. The molecule has 0 amide bonds. The highest BCUT2D eigenvalue weighted by Gasteiger charge is 2.24. The minimum Gasteiger partial charge on any atom is -0.494 e. The smallest absolute Gasteiger partial charge is 0.303 e. The number of aryl methyl sites for hydroxylation is 3. The molecule has 1 aliphatic rings. The van der Waals surface area contributed by atoms with Crippen LogP contribution in [0, 0.1) is 6.92 Å². The molecule has 0 aliphatic heterocycles. The van der Waals surface area contributed by atoms with Crippen molar-refractivity contribution in [2.75, 3.05) is 6.61 Å². The average molecular weight is 391 g/mol. The number of ether oxygens (including phenoxy) is 1. The van der Waals surface area contributed by atoms with Crippen molar-refractivity contribution in [1.82, 2.24) is 4.98 Å². The summed E-state index contributed by atoms with van der Waals surface area (Å²) in [4.78, 5) is 15.6. The molecule has 5 nitrogen and oxygen atoms in total. The standard InChI is InChI=1S/C24H25NO4/c1-16-22(25-24(29-16)17-6-3-2-4-7-17)8-5-13-28-20-11-12-21-18(14-20)9-10-19(21)15-23(26)27/h2-4,6-7,11-12,14,19H,5,8-10,13,15H2,1H3,(H,26,27)/t19-/m0/s1. The topological polar surface area (TPSA) is 72.6 Å². The Morgan fingerprint density at radius 3 is 2.86 bits per heavy atom. The molecule has 0 radical (unpaired) electrons. The van der Waals surface area contributed by atoms with E-state index in [9.17, 15) is 4.79 Å². The van der Waals surface area contributed by atoms with Gasteiger partial charge in [0, 0.05) is 5.56 Å². The number of carboxylic acid groups (broad SMARTS) is 1. The molecule has 150 valence electrons. The summed E-state index contributed by atoms with van der Waals surface area (Å²) in [6, 6.07) is 16.0. The Morgan fingerprint density at radius 1 is 1.24 bits per heavy atom. The second-order valence-corrected chi connectivity index (χ2v) is 7.53. The average Bonchev–Trinajstić information content (AvgIpc) is 3.29. The molecule has 0 saturated heterocycles. The predicted octanol–water partition coefficient (Wildman–Crippen LogP) is 5.17. The monoisotopic (exact) mass is 391 g/mol. The maximum Gasteiger partial charge on any atom is 0.303 e. The molecule has 3 aromatic rings. The van der Waals surface area contributed by atoms with Gasteiger partial charge in [-0.2, -0.15) is 0 Å². The Bertz CT molecular complexity index is 993. The zero-order valence-electron chi connectivity index (χ0n) is 16.6. The normalized spacial score (nSPS) is 15.3. The molecule has 1 aromatic heterocycles. The van der Waals surface area contributed by atoms with Gasteiger partial charge in [-0.25, -0.2) is 4.98 Å². The van der Waals surface area contributed by atoms with Gasteiger partial charge in [-0.1, -0.05) is 24.3 Å². The fraction of sp³-hybridized carbons (Fsp3) is 0.333. The summed E-state index contributed by atoms with van der Waals surface area (Å²) in [5.74, 6) is 1.76. The first kappa shape index (κ1) is 19.2. The van der Waals surface area contributed by atoms with Crippen LogP contribution in [0.5, 0.6) is 5.75 Å². The molecular formula is C24H25NO4. The van der Waals surface area contributed by atoms with Gasteiger partial charge in [0.05, 0.1) is 18.7 Å². The summed E-state index contributed by atoms with van der Waals surface area (Å²) in [6.07, 6.45) is 3.68. The van der Waals surface area contributed by atoms with Crippen molar-refractivity contribution in [3.8, 4) is 17.2 Å². The first-order valence-corrected chi connectivity index (χ1v) is 10.1. The third-order valence-corrected chi connectivity index (χ3v) is 5.48. The van der Waals surface area contributed by atoms with Crippen LogP contribution in [0.4, 0.5) is 0 Å². The van der Waals surface area contributed by atoms with Crippen LogP contribution < -0.4 is 4.74 Å². The van der Waals surface area contributed by atoms with Crippen LogP contribution in [0.25, 0.3) is 11.5 Å². The molecular weight excluding hydrogens is 366 g/mol. The SMILES string of the molecule is Cc1oc(-c2ccccc2)nc1CCCOc1ccc2c(c1)CC[C@H]2CC(=O)O. The Kier molecular flexibility index (Phi) is 5.65. The van der Waals surface area contributed by atoms with E-state index in [1.54, 1.807) is 0 Å². The molecule has 0 fully saturated rings. The van der Waals surface area contributed by atoms with Gasteiger partial charge in [0.25, 0.3) is 0 Å². The molecule has 0 unspecified atom stereocenters. The van der Waals surface area contributed by atoms with Crippen LogP contribution in [-0.4, -0.2) is 22.7 Å². The van der Waals surface area contributed by atoms with E-state index in [1.807, 2.05) is 49.4 Å². The Hall–Kier alpha value is -3.08. The second kappa shape index (κ2) is 8.52. The van der Waals surface area contributed by atoms with Gasteiger partial charge in [-0.15, -0.1) is 0 Å². The molecule has 0 bridgehead atoms. The summed E-state index contributed by atoms with van der Waals surface area (Å²) in [5, 5.41) is 9.04. The van der Waals surface area contributed by atoms with E-state index in [0.29, 0.717) is 12.5 Å². The molecule has 1 aliphatic carbocycles. The highest BCUT2D eigenvalue weighted by molar-refractivity contribution is 5.68. The van der Waals surface area contributed by atoms with Crippen molar-refractivity contribution >= 4 is 5.97 Å². The lowest BCUT2D eigenvalue weighted by atomic mass is 9.98. The van der Waals surface area contributed by atoms with E-state index >= 15 is 0 Å². The van der Waals surface area contributed by atoms with Gasteiger partial charge < -0.3 is 14.3 Å². The van der Waals surface area contributed by atoms with Crippen LogP contribution >= 0.6 is 0 Å². The van der Waals surface area contributed by atoms with Gasteiger partial charge in [-0.3, -0.25) is 4.79 Å². The lowest BCUT2D eigenvalue weighted by molar-refractivity contribution is -0.137. The highest BCUT2D eigenvalue weighted by Crippen LogP contribution is 2.37. The summed E-state index contributed by atoms with van der Waals surface area (Å²) in [7, 11) is 0. The lowest BCUT2D eigenvalue weighted by Gasteiger charge is -2.10. The van der Waals surface area contributed by atoms with Crippen molar-refractivity contribution in [3.63, 3.8) is 0 Å². The molecule has 0 saturated carbocycles. The number of carboxylic acids is 1. The summed E-state index contributed by atoms with van der Waals surface area (Å²) in [6.45, 7) is 2.55. The van der Waals surface area contributed by atoms with Crippen molar-refractivity contribution in [2.45, 2.75) is 44.9 Å². The molecule has 0 spiro atoms. The first-order valence-electron chi connectivity index (χ1n) is 10.1. The molecule has 4 rings (SSSR count). The van der Waals surface area contributed by atoms with Gasteiger partial charge in [0.1, 0.15) is 11.5 Å². The zero-order valence-corrected chi connectivity index (χ0v) is 16.6. The van der Waals surface area contributed by atoms with Crippen molar-refractivity contribution < 1.29 is 19.1 Å². The van der Waals surface area contributed by atoms with Gasteiger partial charge in [-0.05, 0) is 73.9 Å². The van der Waals surface area contributed by atoms with Crippen LogP contribution in [0.3, 0.4) is 0 Å². The van der Waals surface area contributed by atoms with E-state index in [2.05, 4.69) is 11.1 Å². The van der Waals surface area contributed by atoms with Gasteiger partial charge in [0.2, 0.25) is 5.89 Å². The number of oxazole rings is 1. The number of nitrogens with zero attached hydrogens (tertiary/aromatic N) is 1. The Balaban J connectivity index is 1.30. The number of aliphatic carboxylic acids is 1. The molecule has 1 atom stereocenters.